The zero-order valence-electron chi connectivity index (χ0n) is 18.2. The Labute approximate surface area is 190 Å². The number of halogens is 3. The lowest BCUT2D eigenvalue weighted by Gasteiger charge is -2.12. The number of hydrogen-bond acceptors (Lipinski definition) is 6. The van der Waals surface area contributed by atoms with Crippen LogP contribution >= 0.6 is 11.8 Å². The number of alkyl halides is 3. The van der Waals surface area contributed by atoms with Gasteiger partial charge in [-0.05, 0) is 24.6 Å². The Balaban J connectivity index is 1.91. The maximum atomic E-state index is 12.9. The fraction of sp³-hybridized carbons (Fsp3) is 0.381. The number of unbranched alkanes of at least 4 members (excludes halogenated alkanes) is 1. The molecule has 12 heteroatoms. The molecule has 0 fully saturated rings. The zero-order chi connectivity index (χ0) is 24.3. The van der Waals surface area contributed by atoms with E-state index in [1.165, 1.54) is 30.8 Å². The Morgan fingerprint density at radius 3 is 2.55 bits per heavy atom. The molecule has 33 heavy (non-hydrogen) atoms. The van der Waals surface area contributed by atoms with Gasteiger partial charge in [-0.1, -0.05) is 31.2 Å². The highest BCUT2D eigenvalue weighted by molar-refractivity contribution is 8.00. The topological polar surface area (TPSA) is 98.9 Å². The summed E-state index contributed by atoms with van der Waals surface area (Å²) in [6.07, 6.45) is -2.32. The summed E-state index contributed by atoms with van der Waals surface area (Å²) in [6.45, 7) is 2.00. The third-order valence-corrected chi connectivity index (χ3v) is 5.86. The zero-order valence-corrected chi connectivity index (χ0v) is 19.0. The minimum atomic E-state index is -4.53. The Kier molecular flexibility index (Phi) is 7.25. The lowest BCUT2D eigenvalue weighted by molar-refractivity contribution is -0.137. The van der Waals surface area contributed by atoms with E-state index in [1.807, 2.05) is 6.92 Å². The summed E-state index contributed by atoms with van der Waals surface area (Å²) in [5.74, 6) is -0.335. The highest BCUT2D eigenvalue weighted by atomic mass is 32.2. The van der Waals surface area contributed by atoms with Gasteiger partial charge < -0.3 is 5.32 Å². The molecule has 1 N–H and O–H groups in total. The summed E-state index contributed by atoms with van der Waals surface area (Å²) in [6, 6.07) is 4.31. The van der Waals surface area contributed by atoms with Gasteiger partial charge in [-0.3, -0.25) is 18.7 Å². The Bertz CT molecular complexity index is 1320. The predicted octanol–water partition coefficient (Wildman–Crippen LogP) is 3.12. The molecule has 0 bridgehead atoms. The van der Waals surface area contributed by atoms with E-state index in [1.54, 1.807) is 0 Å². The molecule has 0 saturated heterocycles. The van der Waals surface area contributed by atoms with Gasteiger partial charge in [-0.2, -0.15) is 13.2 Å². The fourth-order valence-corrected chi connectivity index (χ4v) is 3.96. The average molecular weight is 482 g/mol. The molecular formula is C21H22F3N5O3S. The third kappa shape index (κ3) is 5.44. The molecule has 2 heterocycles. The Morgan fingerprint density at radius 1 is 1.15 bits per heavy atom. The molecule has 0 radical (unpaired) electrons. The van der Waals surface area contributed by atoms with Gasteiger partial charge in [-0.15, -0.1) is 0 Å². The van der Waals surface area contributed by atoms with Gasteiger partial charge in [0.05, 0.1) is 11.3 Å². The second-order valence-corrected chi connectivity index (χ2v) is 8.33. The lowest BCUT2D eigenvalue weighted by atomic mass is 10.2. The number of carbonyl (C=O) groups excluding carboxylic acids is 1. The van der Waals surface area contributed by atoms with Crippen molar-refractivity contribution in [1.82, 2.24) is 19.1 Å². The molecule has 176 valence electrons. The third-order valence-electron chi connectivity index (χ3n) is 4.88. The van der Waals surface area contributed by atoms with E-state index in [0.29, 0.717) is 12.2 Å². The first kappa shape index (κ1) is 24.5. The van der Waals surface area contributed by atoms with Crippen molar-refractivity contribution in [3.05, 3.63) is 56.5 Å². The van der Waals surface area contributed by atoms with Crippen LogP contribution in [-0.2, 0) is 31.5 Å². The van der Waals surface area contributed by atoms with Crippen LogP contribution in [0.15, 0.2) is 38.9 Å². The maximum Gasteiger partial charge on any atom is 0.416 e. The number of hydrogen-bond donors (Lipinski definition) is 1. The number of amides is 1. The summed E-state index contributed by atoms with van der Waals surface area (Å²) in [5, 5.41) is 2.77. The molecule has 0 saturated carbocycles. The SMILES string of the molecule is CCCCc1nc(SCC(=O)Nc2cccc(C(F)(F)F)c2)c2c(=O)n(C)c(=O)n(C)c2n1. The quantitative estimate of drug-likeness (QED) is 0.411. The van der Waals surface area contributed by atoms with Crippen LogP contribution in [-0.4, -0.2) is 30.8 Å². The van der Waals surface area contributed by atoms with Crippen molar-refractivity contribution in [3.63, 3.8) is 0 Å². The van der Waals surface area contributed by atoms with Crippen LogP contribution in [0.1, 0.15) is 31.2 Å². The number of aryl methyl sites for hydroxylation is 2. The molecule has 8 nitrogen and oxygen atoms in total. The van der Waals surface area contributed by atoms with Crippen molar-refractivity contribution in [2.24, 2.45) is 14.1 Å². The standard InChI is InChI=1S/C21H22F3N5O3S/c1-4-5-9-14-26-17-16(19(31)29(3)20(32)28(17)2)18(27-14)33-11-15(30)25-13-8-6-7-12(10-13)21(22,23)24/h6-8,10H,4-5,9,11H2,1-3H3,(H,25,30). The van der Waals surface area contributed by atoms with Gasteiger partial charge in [0.1, 0.15) is 16.2 Å². The first-order valence-corrected chi connectivity index (χ1v) is 11.1. The summed E-state index contributed by atoms with van der Waals surface area (Å²) >= 11 is 0.958. The minimum absolute atomic E-state index is 0.00455. The Morgan fingerprint density at radius 2 is 1.88 bits per heavy atom. The molecule has 3 aromatic rings. The molecule has 0 aliphatic carbocycles. The molecule has 1 amide bonds. The number of nitrogens with one attached hydrogen (secondary N) is 1. The normalized spacial score (nSPS) is 11.7. The highest BCUT2D eigenvalue weighted by Crippen LogP contribution is 2.31. The minimum Gasteiger partial charge on any atom is -0.325 e. The molecule has 1 aromatic carbocycles. The van der Waals surface area contributed by atoms with E-state index in [-0.39, 0.29) is 27.5 Å². The van der Waals surface area contributed by atoms with E-state index in [0.717, 1.165) is 41.3 Å². The van der Waals surface area contributed by atoms with Crippen LogP contribution in [0.4, 0.5) is 18.9 Å². The van der Waals surface area contributed by atoms with E-state index in [9.17, 15) is 27.6 Å². The van der Waals surface area contributed by atoms with Crippen LogP contribution in [0.2, 0.25) is 0 Å². The summed E-state index contributed by atoms with van der Waals surface area (Å²) in [4.78, 5) is 46.3. The number of benzene rings is 1. The summed E-state index contributed by atoms with van der Waals surface area (Å²) < 4.78 is 40.9. The van der Waals surface area contributed by atoms with Gasteiger partial charge in [0.15, 0.2) is 5.65 Å². The number of aromatic nitrogens is 4. The van der Waals surface area contributed by atoms with Gasteiger partial charge in [0.2, 0.25) is 5.91 Å². The van der Waals surface area contributed by atoms with Gasteiger partial charge in [-0.25, -0.2) is 14.8 Å². The van der Waals surface area contributed by atoms with Crippen molar-refractivity contribution < 1.29 is 18.0 Å². The molecule has 0 unspecified atom stereocenters. The van der Waals surface area contributed by atoms with E-state index in [2.05, 4.69) is 15.3 Å². The van der Waals surface area contributed by atoms with E-state index < -0.39 is 28.9 Å². The lowest BCUT2D eigenvalue weighted by Crippen LogP contribution is -2.38. The van der Waals surface area contributed by atoms with Gasteiger partial charge >= 0.3 is 11.9 Å². The monoisotopic (exact) mass is 481 g/mol. The smallest absolute Gasteiger partial charge is 0.325 e. The molecule has 3 rings (SSSR count). The second kappa shape index (κ2) is 9.77. The van der Waals surface area contributed by atoms with Crippen molar-refractivity contribution in [2.45, 2.75) is 37.4 Å². The first-order valence-electron chi connectivity index (χ1n) is 10.1. The summed E-state index contributed by atoms with van der Waals surface area (Å²) in [5.41, 5.74) is -1.82. The average Bonchev–Trinajstić information content (AvgIpc) is 2.77. The van der Waals surface area contributed by atoms with Crippen LogP contribution in [0.5, 0.6) is 0 Å². The van der Waals surface area contributed by atoms with E-state index >= 15 is 0 Å². The maximum absolute atomic E-state index is 12.9. The number of fused-ring (bicyclic) bond motifs is 1. The molecule has 0 spiro atoms. The molecule has 0 aliphatic heterocycles. The molecule has 0 aliphatic rings. The first-order chi connectivity index (χ1) is 15.5. The molecule has 2 aromatic heterocycles. The number of anilines is 1. The molecular weight excluding hydrogens is 459 g/mol. The summed E-state index contributed by atoms with van der Waals surface area (Å²) in [7, 11) is 2.83. The number of carbonyl (C=O) groups is 1. The number of thioether (sulfide) groups is 1. The predicted molar refractivity (Wildman–Crippen MR) is 119 cm³/mol. The second-order valence-electron chi connectivity index (χ2n) is 7.37. The largest absolute Gasteiger partial charge is 0.416 e. The van der Waals surface area contributed by atoms with Crippen molar-refractivity contribution in [2.75, 3.05) is 11.1 Å². The van der Waals surface area contributed by atoms with Gasteiger partial charge in [0, 0.05) is 26.2 Å². The van der Waals surface area contributed by atoms with Crippen LogP contribution in [0.3, 0.4) is 0 Å². The van der Waals surface area contributed by atoms with Gasteiger partial charge in [0.25, 0.3) is 5.56 Å². The van der Waals surface area contributed by atoms with Crippen LogP contribution < -0.4 is 16.6 Å². The van der Waals surface area contributed by atoms with Crippen molar-refractivity contribution in [1.29, 1.82) is 0 Å². The number of rotatable bonds is 7. The number of nitrogens with zero attached hydrogens (tertiary/aromatic N) is 4. The van der Waals surface area contributed by atoms with Crippen molar-refractivity contribution in [3.8, 4) is 0 Å². The molecule has 0 atom stereocenters. The fourth-order valence-electron chi connectivity index (χ4n) is 3.13. The van der Waals surface area contributed by atoms with Crippen molar-refractivity contribution >= 4 is 34.4 Å². The van der Waals surface area contributed by atoms with Crippen LogP contribution in [0, 0.1) is 0 Å². The highest BCUT2D eigenvalue weighted by Gasteiger charge is 2.30. The Hall–Kier alpha value is -3.15. The van der Waals surface area contributed by atoms with Crippen LogP contribution in [0.25, 0.3) is 11.0 Å². The van der Waals surface area contributed by atoms with E-state index in [4.69, 9.17) is 0 Å².